The van der Waals surface area contributed by atoms with Crippen LogP contribution >= 0.6 is 0 Å². The third-order valence-electron chi connectivity index (χ3n) is 1.11. The van der Waals surface area contributed by atoms with Crippen LogP contribution in [-0.2, 0) is 6.42 Å². The summed E-state index contributed by atoms with van der Waals surface area (Å²) in [7, 11) is 0. The molecule has 2 N–H and O–H groups in total. The van der Waals surface area contributed by atoms with Gasteiger partial charge in [-0.2, -0.15) is 0 Å². The second kappa shape index (κ2) is 5.35. The highest BCUT2D eigenvalue weighted by Crippen LogP contribution is 1.97. The van der Waals surface area contributed by atoms with Crippen molar-refractivity contribution in [3.8, 4) is 5.88 Å². The van der Waals surface area contributed by atoms with Crippen LogP contribution in [0, 0.1) is 0 Å². The Morgan fingerprint density at radius 3 is 2.58 bits per heavy atom. The Morgan fingerprint density at radius 2 is 2.17 bits per heavy atom. The maximum atomic E-state index is 10.6. The summed E-state index contributed by atoms with van der Waals surface area (Å²) in [6.45, 7) is 5.84. The molecule has 0 saturated heterocycles. The van der Waals surface area contributed by atoms with Crippen LogP contribution in [0.2, 0.25) is 0 Å². The first-order chi connectivity index (χ1) is 5.72. The SMILES string of the molecule is CC.CCc1nc(O)cc(=O)[nH]1. The number of hydrogen-bond donors (Lipinski definition) is 2. The van der Waals surface area contributed by atoms with Crippen molar-refractivity contribution in [2.45, 2.75) is 27.2 Å². The number of rotatable bonds is 1. The fourth-order valence-corrected chi connectivity index (χ4v) is 0.661. The molecule has 0 aliphatic heterocycles. The monoisotopic (exact) mass is 170 g/mol. The predicted molar refractivity (Wildman–Crippen MR) is 47.2 cm³/mol. The summed E-state index contributed by atoms with van der Waals surface area (Å²) in [5, 5.41) is 8.79. The average Bonchev–Trinajstić information content (AvgIpc) is 2.06. The standard InChI is InChI=1S/C6H8N2O2.C2H6/c1-2-4-7-5(9)3-6(10)8-4;1-2/h3H,2H2,1H3,(H2,7,8,9,10);1-2H3. The van der Waals surface area contributed by atoms with Crippen molar-refractivity contribution in [1.82, 2.24) is 9.97 Å². The lowest BCUT2D eigenvalue weighted by molar-refractivity contribution is 0.448. The van der Waals surface area contributed by atoms with Gasteiger partial charge in [-0.3, -0.25) is 4.79 Å². The molecule has 0 aromatic carbocycles. The molecule has 0 spiro atoms. The van der Waals surface area contributed by atoms with Crippen molar-refractivity contribution in [2.24, 2.45) is 0 Å². The van der Waals surface area contributed by atoms with E-state index < -0.39 is 0 Å². The molecule has 1 aromatic rings. The minimum atomic E-state index is -0.315. The summed E-state index contributed by atoms with van der Waals surface area (Å²) < 4.78 is 0. The van der Waals surface area contributed by atoms with Gasteiger partial charge in [0.15, 0.2) is 0 Å². The molecule has 0 radical (unpaired) electrons. The van der Waals surface area contributed by atoms with Crippen LogP contribution in [0.5, 0.6) is 5.88 Å². The molecule has 68 valence electrons. The molecule has 0 atom stereocenters. The van der Waals surface area contributed by atoms with Gasteiger partial charge in [-0.05, 0) is 0 Å². The van der Waals surface area contributed by atoms with E-state index in [0.29, 0.717) is 12.2 Å². The van der Waals surface area contributed by atoms with Crippen molar-refractivity contribution >= 4 is 0 Å². The molecule has 1 aromatic heterocycles. The Balaban J connectivity index is 0.000000561. The van der Waals surface area contributed by atoms with Crippen molar-refractivity contribution in [3.63, 3.8) is 0 Å². The highest BCUT2D eigenvalue weighted by atomic mass is 16.3. The molecule has 1 heterocycles. The minimum Gasteiger partial charge on any atom is -0.493 e. The molecule has 0 bridgehead atoms. The van der Waals surface area contributed by atoms with E-state index in [-0.39, 0.29) is 11.4 Å². The van der Waals surface area contributed by atoms with Gasteiger partial charge >= 0.3 is 0 Å². The molecule has 0 fully saturated rings. The first-order valence-corrected chi connectivity index (χ1v) is 4.01. The summed E-state index contributed by atoms with van der Waals surface area (Å²) in [5.41, 5.74) is -0.315. The van der Waals surface area contributed by atoms with Crippen molar-refractivity contribution in [1.29, 1.82) is 0 Å². The third-order valence-corrected chi connectivity index (χ3v) is 1.11. The second-order valence-corrected chi connectivity index (χ2v) is 1.90. The lowest BCUT2D eigenvalue weighted by atomic mass is 10.4. The van der Waals surface area contributed by atoms with E-state index in [4.69, 9.17) is 5.11 Å². The molecule has 12 heavy (non-hydrogen) atoms. The van der Waals surface area contributed by atoms with Gasteiger partial charge in [0.25, 0.3) is 5.56 Å². The average molecular weight is 170 g/mol. The fourth-order valence-electron chi connectivity index (χ4n) is 0.661. The number of aromatic amines is 1. The predicted octanol–water partition coefficient (Wildman–Crippen LogP) is 1.06. The first kappa shape index (κ1) is 10.7. The van der Waals surface area contributed by atoms with Gasteiger partial charge in [0.05, 0.1) is 6.07 Å². The summed E-state index contributed by atoms with van der Waals surface area (Å²) in [5.74, 6) is 0.283. The largest absolute Gasteiger partial charge is 0.493 e. The summed E-state index contributed by atoms with van der Waals surface area (Å²) in [4.78, 5) is 16.7. The molecule has 0 aliphatic rings. The Labute approximate surface area is 71.3 Å². The quantitative estimate of drug-likeness (QED) is 0.662. The number of H-pyrrole nitrogens is 1. The van der Waals surface area contributed by atoms with Crippen LogP contribution in [0.25, 0.3) is 0 Å². The smallest absolute Gasteiger partial charge is 0.254 e. The molecule has 0 saturated carbocycles. The number of nitrogens with zero attached hydrogens (tertiary/aromatic N) is 1. The van der Waals surface area contributed by atoms with Crippen LogP contribution in [0.15, 0.2) is 10.9 Å². The molecule has 4 nitrogen and oxygen atoms in total. The number of hydrogen-bond acceptors (Lipinski definition) is 3. The van der Waals surface area contributed by atoms with E-state index in [0.717, 1.165) is 6.07 Å². The van der Waals surface area contributed by atoms with Crippen molar-refractivity contribution < 1.29 is 5.11 Å². The van der Waals surface area contributed by atoms with E-state index in [9.17, 15) is 4.79 Å². The van der Waals surface area contributed by atoms with E-state index >= 15 is 0 Å². The van der Waals surface area contributed by atoms with Crippen LogP contribution in [0.1, 0.15) is 26.6 Å². The van der Waals surface area contributed by atoms with Gasteiger partial charge in [0, 0.05) is 6.42 Å². The Bertz CT molecular complexity index is 281. The van der Waals surface area contributed by atoms with Gasteiger partial charge in [-0.1, -0.05) is 20.8 Å². The lowest BCUT2D eigenvalue weighted by Gasteiger charge is -1.93. The van der Waals surface area contributed by atoms with Gasteiger partial charge < -0.3 is 10.1 Å². The van der Waals surface area contributed by atoms with E-state index in [1.807, 2.05) is 20.8 Å². The summed E-state index contributed by atoms with van der Waals surface area (Å²) in [6, 6.07) is 1.04. The summed E-state index contributed by atoms with van der Waals surface area (Å²) >= 11 is 0. The number of aromatic nitrogens is 2. The molecular formula is C8H14N2O2. The van der Waals surface area contributed by atoms with Crippen LogP contribution < -0.4 is 5.56 Å². The Hall–Kier alpha value is -1.32. The van der Waals surface area contributed by atoms with Gasteiger partial charge in [-0.15, -0.1) is 0 Å². The maximum Gasteiger partial charge on any atom is 0.254 e. The van der Waals surface area contributed by atoms with Gasteiger partial charge in [0.1, 0.15) is 5.82 Å². The zero-order chi connectivity index (χ0) is 9.56. The molecule has 4 heteroatoms. The number of nitrogens with one attached hydrogen (secondary N) is 1. The van der Waals surface area contributed by atoms with Crippen LogP contribution in [-0.4, -0.2) is 15.1 Å². The third kappa shape index (κ3) is 3.18. The fraction of sp³-hybridized carbons (Fsp3) is 0.500. The zero-order valence-corrected chi connectivity index (χ0v) is 7.59. The molecule has 0 aliphatic carbocycles. The van der Waals surface area contributed by atoms with Crippen molar-refractivity contribution in [2.75, 3.05) is 0 Å². The molecular weight excluding hydrogens is 156 g/mol. The maximum absolute atomic E-state index is 10.6. The molecule has 1 rings (SSSR count). The van der Waals surface area contributed by atoms with E-state index in [2.05, 4.69) is 9.97 Å². The van der Waals surface area contributed by atoms with Crippen molar-refractivity contribution in [3.05, 3.63) is 22.2 Å². The lowest BCUT2D eigenvalue weighted by Crippen LogP contribution is -2.08. The highest BCUT2D eigenvalue weighted by Gasteiger charge is 1.94. The first-order valence-electron chi connectivity index (χ1n) is 4.01. The van der Waals surface area contributed by atoms with Crippen LogP contribution in [0.4, 0.5) is 0 Å². The second-order valence-electron chi connectivity index (χ2n) is 1.90. The minimum absolute atomic E-state index is 0.222. The Kier molecular flexibility index (Phi) is 4.76. The summed E-state index contributed by atoms with van der Waals surface area (Å²) in [6.07, 6.45) is 0.615. The zero-order valence-electron chi connectivity index (χ0n) is 7.59. The highest BCUT2D eigenvalue weighted by molar-refractivity contribution is 5.06. The van der Waals surface area contributed by atoms with Gasteiger partial charge in [-0.25, -0.2) is 4.98 Å². The number of aromatic hydroxyl groups is 1. The van der Waals surface area contributed by atoms with Gasteiger partial charge in [0.2, 0.25) is 5.88 Å². The molecule has 0 amide bonds. The Morgan fingerprint density at radius 1 is 1.58 bits per heavy atom. The van der Waals surface area contributed by atoms with Crippen LogP contribution in [0.3, 0.4) is 0 Å². The topological polar surface area (TPSA) is 66.0 Å². The van der Waals surface area contributed by atoms with E-state index in [1.165, 1.54) is 0 Å². The van der Waals surface area contributed by atoms with E-state index in [1.54, 1.807) is 0 Å². The number of aryl methyl sites for hydroxylation is 1. The normalized spacial score (nSPS) is 8.58. The molecule has 0 unspecified atom stereocenters.